The zero-order chi connectivity index (χ0) is 14.8. The van der Waals surface area contributed by atoms with Crippen molar-refractivity contribution in [2.45, 2.75) is 25.9 Å². The average molecular weight is 280 g/mol. The van der Waals surface area contributed by atoms with Gasteiger partial charge in [0, 0.05) is 18.9 Å². The lowest BCUT2D eigenvalue weighted by Crippen LogP contribution is -2.15. The van der Waals surface area contributed by atoms with Crippen molar-refractivity contribution in [3.63, 3.8) is 0 Å². The highest BCUT2D eigenvalue weighted by Crippen LogP contribution is 2.20. The minimum atomic E-state index is -0.413. The molecule has 3 aromatic rings. The Morgan fingerprint density at radius 1 is 1.05 bits per heavy atom. The van der Waals surface area contributed by atoms with Gasteiger partial charge in [-0.05, 0) is 30.5 Å². The largest absolute Gasteiger partial charge is 0.392 e. The second kappa shape index (κ2) is 5.70. The topological polar surface area (TPSA) is 38.1 Å². The number of nitrogens with zero attached hydrogens (tertiary/aromatic N) is 2. The molecule has 0 aliphatic heterocycles. The molecule has 3 rings (SSSR count). The molecule has 3 heteroatoms. The van der Waals surface area contributed by atoms with Crippen LogP contribution in [0.25, 0.3) is 10.9 Å². The van der Waals surface area contributed by atoms with Gasteiger partial charge in [0.05, 0.1) is 17.3 Å². The Morgan fingerprint density at radius 3 is 2.57 bits per heavy atom. The van der Waals surface area contributed by atoms with Gasteiger partial charge in [-0.25, -0.2) is 0 Å². The lowest BCUT2D eigenvalue weighted by Gasteiger charge is -2.11. The molecular weight excluding hydrogens is 260 g/mol. The summed E-state index contributed by atoms with van der Waals surface area (Å²) in [6, 6.07) is 16.4. The Labute approximate surface area is 124 Å². The van der Waals surface area contributed by atoms with Crippen molar-refractivity contribution >= 4 is 10.9 Å². The zero-order valence-electron chi connectivity index (χ0n) is 12.5. The lowest BCUT2D eigenvalue weighted by atomic mass is 9.99. The van der Waals surface area contributed by atoms with E-state index in [0.29, 0.717) is 12.8 Å². The number of aliphatic hydroxyl groups excluding tert-OH is 1. The lowest BCUT2D eigenvalue weighted by molar-refractivity contribution is 0.174. The zero-order valence-corrected chi connectivity index (χ0v) is 12.5. The van der Waals surface area contributed by atoms with Crippen molar-refractivity contribution in [1.29, 1.82) is 0 Å². The van der Waals surface area contributed by atoms with Crippen LogP contribution in [0.1, 0.15) is 16.8 Å². The summed E-state index contributed by atoms with van der Waals surface area (Å²) in [6.07, 6.45) is 0.831. The molecular formula is C18H20N2O. The molecule has 1 N–H and O–H groups in total. The van der Waals surface area contributed by atoms with Gasteiger partial charge in [0.2, 0.25) is 0 Å². The number of hydrogen-bond donors (Lipinski definition) is 1. The van der Waals surface area contributed by atoms with Crippen LogP contribution in [0.3, 0.4) is 0 Å². The molecule has 0 aliphatic rings. The van der Waals surface area contributed by atoms with E-state index in [2.05, 4.69) is 36.3 Å². The maximum Gasteiger partial charge on any atom is 0.0729 e. The van der Waals surface area contributed by atoms with E-state index in [0.717, 1.165) is 16.6 Å². The van der Waals surface area contributed by atoms with Crippen LogP contribution in [0.15, 0.2) is 48.5 Å². The van der Waals surface area contributed by atoms with Gasteiger partial charge < -0.3 is 5.11 Å². The Bertz CT molecular complexity index is 761. The van der Waals surface area contributed by atoms with Crippen LogP contribution in [0, 0.1) is 6.92 Å². The Kier molecular flexibility index (Phi) is 3.76. The average Bonchev–Trinajstić information content (AvgIpc) is 2.79. The van der Waals surface area contributed by atoms with E-state index in [1.165, 1.54) is 11.1 Å². The monoisotopic (exact) mass is 280 g/mol. The van der Waals surface area contributed by atoms with Crippen LogP contribution >= 0.6 is 0 Å². The predicted molar refractivity (Wildman–Crippen MR) is 85.3 cm³/mol. The normalized spacial score (nSPS) is 12.7. The smallest absolute Gasteiger partial charge is 0.0729 e. The van der Waals surface area contributed by atoms with Crippen molar-refractivity contribution in [3.05, 3.63) is 65.4 Å². The molecule has 108 valence electrons. The highest BCUT2D eigenvalue weighted by atomic mass is 16.3. The van der Waals surface area contributed by atoms with E-state index in [9.17, 15) is 5.11 Å². The molecule has 0 bridgehead atoms. The van der Waals surface area contributed by atoms with Gasteiger partial charge in [-0.15, -0.1) is 0 Å². The second-order valence-electron chi connectivity index (χ2n) is 5.58. The summed E-state index contributed by atoms with van der Waals surface area (Å²) in [7, 11) is 1.94. The van der Waals surface area contributed by atoms with Gasteiger partial charge in [0.15, 0.2) is 0 Å². The molecule has 3 nitrogen and oxygen atoms in total. The first-order valence-electron chi connectivity index (χ1n) is 7.28. The van der Waals surface area contributed by atoms with Crippen LogP contribution in [-0.2, 0) is 19.9 Å². The van der Waals surface area contributed by atoms with Gasteiger partial charge in [0.25, 0.3) is 0 Å². The molecule has 21 heavy (non-hydrogen) atoms. The van der Waals surface area contributed by atoms with E-state index in [1.807, 2.05) is 36.0 Å². The fourth-order valence-corrected chi connectivity index (χ4v) is 2.83. The maximum absolute atomic E-state index is 10.4. The molecule has 0 aliphatic carbocycles. The number of benzene rings is 2. The summed E-state index contributed by atoms with van der Waals surface area (Å²) in [5, 5.41) is 16.1. The van der Waals surface area contributed by atoms with Gasteiger partial charge in [-0.1, -0.05) is 42.5 Å². The summed E-state index contributed by atoms with van der Waals surface area (Å²) in [6.45, 7) is 2.08. The summed E-state index contributed by atoms with van der Waals surface area (Å²) < 4.78 is 1.88. The number of hydrogen-bond acceptors (Lipinski definition) is 2. The third kappa shape index (κ3) is 2.83. The molecule has 1 aromatic heterocycles. The van der Waals surface area contributed by atoms with Crippen molar-refractivity contribution in [1.82, 2.24) is 9.78 Å². The third-order valence-electron chi connectivity index (χ3n) is 3.98. The number of para-hydroxylation sites is 1. The molecule has 1 unspecified atom stereocenters. The molecule has 2 aromatic carbocycles. The van der Waals surface area contributed by atoms with Gasteiger partial charge in [-0.2, -0.15) is 5.10 Å². The number of aliphatic hydroxyl groups is 1. The highest BCUT2D eigenvalue weighted by Gasteiger charge is 2.14. The summed E-state index contributed by atoms with van der Waals surface area (Å²) >= 11 is 0. The predicted octanol–water partition coefficient (Wildman–Crippen LogP) is 3.03. The SMILES string of the molecule is Cc1ccccc1CC(O)Cc1nn(C)c2ccccc12. The minimum absolute atomic E-state index is 0.413. The Hall–Kier alpha value is -2.13. The molecule has 0 fully saturated rings. The van der Waals surface area contributed by atoms with Gasteiger partial charge in [-0.3, -0.25) is 4.68 Å². The van der Waals surface area contributed by atoms with Crippen LogP contribution < -0.4 is 0 Å². The molecule has 0 amide bonds. The molecule has 1 atom stereocenters. The van der Waals surface area contributed by atoms with E-state index in [4.69, 9.17) is 0 Å². The van der Waals surface area contributed by atoms with Crippen molar-refractivity contribution in [3.8, 4) is 0 Å². The summed E-state index contributed by atoms with van der Waals surface area (Å²) in [4.78, 5) is 0. The minimum Gasteiger partial charge on any atom is -0.392 e. The number of rotatable bonds is 4. The van der Waals surface area contributed by atoms with Gasteiger partial charge >= 0.3 is 0 Å². The quantitative estimate of drug-likeness (QED) is 0.797. The van der Waals surface area contributed by atoms with E-state index in [1.54, 1.807) is 0 Å². The van der Waals surface area contributed by atoms with Crippen LogP contribution in [-0.4, -0.2) is 21.0 Å². The van der Waals surface area contributed by atoms with Crippen LogP contribution in [0.4, 0.5) is 0 Å². The first kappa shape index (κ1) is 13.8. The molecule has 0 radical (unpaired) electrons. The number of aromatic nitrogens is 2. The molecule has 0 spiro atoms. The van der Waals surface area contributed by atoms with Crippen LogP contribution in [0.5, 0.6) is 0 Å². The second-order valence-corrected chi connectivity index (χ2v) is 5.58. The summed E-state index contributed by atoms with van der Waals surface area (Å²) in [5.74, 6) is 0. The Morgan fingerprint density at radius 2 is 1.76 bits per heavy atom. The molecule has 1 heterocycles. The first-order valence-corrected chi connectivity index (χ1v) is 7.28. The van der Waals surface area contributed by atoms with Crippen molar-refractivity contribution in [2.24, 2.45) is 7.05 Å². The molecule has 0 saturated heterocycles. The van der Waals surface area contributed by atoms with E-state index in [-0.39, 0.29) is 0 Å². The molecule has 0 saturated carbocycles. The number of aryl methyl sites for hydroxylation is 2. The van der Waals surface area contributed by atoms with Gasteiger partial charge in [0.1, 0.15) is 0 Å². The van der Waals surface area contributed by atoms with E-state index >= 15 is 0 Å². The fraction of sp³-hybridized carbons (Fsp3) is 0.278. The third-order valence-corrected chi connectivity index (χ3v) is 3.98. The summed E-state index contributed by atoms with van der Waals surface area (Å²) in [5.41, 5.74) is 4.50. The van der Waals surface area contributed by atoms with E-state index < -0.39 is 6.10 Å². The first-order chi connectivity index (χ1) is 10.1. The highest BCUT2D eigenvalue weighted by molar-refractivity contribution is 5.81. The van der Waals surface area contributed by atoms with Crippen molar-refractivity contribution in [2.75, 3.05) is 0 Å². The Balaban J connectivity index is 1.81. The number of fused-ring (bicyclic) bond motifs is 1. The van der Waals surface area contributed by atoms with Crippen molar-refractivity contribution < 1.29 is 5.11 Å². The standard InChI is InChI=1S/C18H20N2O/c1-13-7-3-4-8-14(13)11-15(21)12-17-16-9-5-6-10-18(16)20(2)19-17/h3-10,15,21H,11-12H2,1-2H3. The fourth-order valence-electron chi connectivity index (χ4n) is 2.83. The van der Waals surface area contributed by atoms with Crippen LogP contribution in [0.2, 0.25) is 0 Å². The maximum atomic E-state index is 10.4.